The minimum Gasteiger partial charge on any atom is -0.462 e. The molecule has 0 aliphatic carbocycles. The van der Waals surface area contributed by atoms with Crippen LogP contribution in [0.5, 0.6) is 0 Å². The van der Waals surface area contributed by atoms with Crippen LogP contribution >= 0.6 is 0 Å². The first-order chi connectivity index (χ1) is 17.2. The van der Waals surface area contributed by atoms with Crippen LogP contribution in [0.25, 0.3) is 0 Å². The Balaban J connectivity index is 0. The average Bonchev–Trinajstić information content (AvgIpc) is 2.71. The van der Waals surface area contributed by atoms with Gasteiger partial charge in [0.05, 0.1) is 23.4 Å². The van der Waals surface area contributed by atoms with Crippen LogP contribution in [0.4, 0.5) is 9.59 Å². The molecular weight excluding hydrogens is 504 g/mol. The molecule has 0 spiro atoms. The fourth-order valence-electron chi connectivity index (χ4n) is 2.58. The minimum absolute atomic E-state index is 0.0124. The van der Waals surface area contributed by atoms with Crippen molar-refractivity contribution in [3.05, 3.63) is 0 Å². The minimum atomic E-state index is -0.802. The van der Waals surface area contributed by atoms with Crippen LogP contribution in [-0.4, -0.2) is 86.3 Å². The summed E-state index contributed by atoms with van der Waals surface area (Å²) in [7, 11) is 0. The van der Waals surface area contributed by atoms with E-state index in [0.717, 1.165) is 0 Å². The highest BCUT2D eigenvalue weighted by molar-refractivity contribution is 5.66. The summed E-state index contributed by atoms with van der Waals surface area (Å²) in [5.41, 5.74) is -0.593. The van der Waals surface area contributed by atoms with E-state index in [9.17, 15) is 19.2 Å². The zero-order chi connectivity index (χ0) is 30.1. The van der Waals surface area contributed by atoms with E-state index in [1.54, 1.807) is 27.7 Å². The smallest absolute Gasteiger partial charge is 0.462 e. The van der Waals surface area contributed by atoms with Crippen molar-refractivity contribution in [2.75, 3.05) is 26.4 Å². The van der Waals surface area contributed by atoms with E-state index in [-0.39, 0.29) is 49.8 Å². The van der Waals surface area contributed by atoms with Crippen molar-refractivity contribution in [2.24, 2.45) is 0 Å². The van der Waals surface area contributed by atoms with Gasteiger partial charge in [0.1, 0.15) is 38.6 Å². The van der Waals surface area contributed by atoms with E-state index in [0.29, 0.717) is 0 Å². The van der Waals surface area contributed by atoms with Gasteiger partial charge in [-0.05, 0) is 69.2 Å². The fraction of sp³-hybridized carbons (Fsp3) is 0.846. The molecule has 224 valence electrons. The molecule has 12 heteroatoms. The number of ether oxygens (including phenoxy) is 8. The van der Waals surface area contributed by atoms with Crippen molar-refractivity contribution >= 4 is 24.2 Å². The first-order valence-electron chi connectivity index (χ1n) is 12.5. The third kappa shape index (κ3) is 28.0. The van der Waals surface area contributed by atoms with Gasteiger partial charge in [-0.2, -0.15) is 0 Å². The summed E-state index contributed by atoms with van der Waals surface area (Å²) in [5, 5.41) is 0. The van der Waals surface area contributed by atoms with Crippen molar-refractivity contribution in [1.29, 1.82) is 0 Å². The lowest BCUT2D eigenvalue weighted by atomic mass is 10.2. The maximum absolute atomic E-state index is 11.3. The average molecular weight is 553 g/mol. The Labute approximate surface area is 226 Å². The van der Waals surface area contributed by atoms with Gasteiger partial charge < -0.3 is 37.9 Å². The van der Waals surface area contributed by atoms with Crippen molar-refractivity contribution in [3.8, 4) is 0 Å². The second-order valence-electron chi connectivity index (χ2n) is 10.7. The van der Waals surface area contributed by atoms with Crippen molar-refractivity contribution < 1.29 is 57.1 Å². The Morgan fingerprint density at radius 3 is 1.00 bits per heavy atom. The number of carbonyl (C=O) groups excluding carboxylic acids is 4. The normalized spacial score (nSPS) is 14.4. The van der Waals surface area contributed by atoms with Crippen LogP contribution in [0.15, 0.2) is 0 Å². The largest absolute Gasteiger partial charge is 0.508 e. The monoisotopic (exact) mass is 552 g/mol. The molecule has 0 fully saturated rings. The van der Waals surface area contributed by atoms with E-state index in [1.807, 2.05) is 41.5 Å². The number of hydrogen-bond donors (Lipinski definition) is 0. The molecule has 0 rings (SSSR count). The molecule has 4 unspecified atom stereocenters. The Morgan fingerprint density at radius 2 is 0.763 bits per heavy atom. The zero-order valence-corrected chi connectivity index (χ0v) is 25.0. The molecule has 0 N–H and O–H groups in total. The molecule has 0 saturated carbocycles. The molecule has 4 atom stereocenters. The molecule has 0 amide bonds. The second kappa shape index (κ2) is 18.6. The lowest BCUT2D eigenvalue weighted by Gasteiger charge is -2.24. The molecule has 0 aromatic rings. The van der Waals surface area contributed by atoms with Crippen molar-refractivity contribution in [3.63, 3.8) is 0 Å². The van der Waals surface area contributed by atoms with Gasteiger partial charge in [-0.1, -0.05) is 0 Å². The molecule has 0 aromatic heterocycles. The van der Waals surface area contributed by atoms with Crippen LogP contribution in [0.3, 0.4) is 0 Å². The first-order valence-corrected chi connectivity index (χ1v) is 12.5. The lowest BCUT2D eigenvalue weighted by Crippen LogP contribution is -2.30. The summed E-state index contributed by atoms with van der Waals surface area (Å²) in [6, 6.07) is 0. The van der Waals surface area contributed by atoms with Gasteiger partial charge in [0.15, 0.2) is 0 Å². The van der Waals surface area contributed by atoms with Crippen LogP contribution in [0.1, 0.15) is 83.1 Å². The summed E-state index contributed by atoms with van der Waals surface area (Å²) in [6.07, 6.45) is -3.15. The Bertz CT molecular complexity index is 648. The molecule has 0 saturated heterocycles. The van der Waals surface area contributed by atoms with Gasteiger partial charge in [0.2, 0.25) is 0 Å². The number of hydrogen-bond acceptors (Lipinski definition) is 12. The summed E-state index contributed by atoms with van der Waals surface area (Å²) < 4.78 is 40.1. The second-order valence-corrected chi connectivity index (χ2v) is 10.7. The third-order valence-electron chi connectivity index (χ3n) is 3.62. The SMILES string of the molecule is CC(=O)OCC(C)OC(=O)OCC(C)OC(C)(C)C.CC(=O)OCC(C)OC(=O)OCC(C)OC(C)(C)C. The quantitative estimate of drug-likeness (QED) is 0.247. The topological polar surface area (TPSA) is 142 Å². The highest BCUT2D eigenvalue weighted by atomic mass is 16.7. The van der Waals surface area contributed by atoms with Gasteiger partial charge in [-0.25, -0.2) is 9.59 Å². The first kappa shape index (κ1) is 37.6. The molecule has 0 aliphatic rings. The molecule has 0 bridgehead atoms. The van der Waals surface area contributed by atoms with Crippen molar-refractivity contribution in [1.82, 2.24) is 0 Å². The molecule has 12 nitrogen and oxygen atoms in total. The molecule has 0 aromatic carbocycles. The van der Waals surface area contributed by atoms with Gasteiger partial charge in [-0.15, -0.1) is 0 Å². The summed E-state index contributed by atoms with van der Waals surface area (Å²) in [4.78, 5) is 43.8. The van der Waals surface area contributed by atoms with Crippen LogP contribution in [-0.2, 0) is 47.5 Å². The fourth-order valence-corrected chi connectivity index (χ4v) is 2.58. The summed E-state index contributed by atoms with van der Waals surface area (Å²) in [6.45, 7) is 21.2. The molecule has 0 heterocycles. The Morgan fingerprint density at radius 1 is 0.500 bits per heavy atom. The van der Waals surface area contributed by atoms with E-state index in [1.165, 1.54) is 13.8 Å². The van der Waals surface area contributed by atoms with E-state index in [4.69, 9.17) is 37.9 Å². The maximum Gasteiger partial charge on any atom is 0.508 e. The van der Waals surface area contributed by atoms with Crippen molar-refractivity contribution in [2.45, 2.75) is 119 Å². The number of rotatable bonds is 12. The van der Waals surface area contributed by atoms with Crippen LogP contribution in [0, 0.1) is 0 Å². The highest BCUT2D eigenvalue weighted by Crippen LogP contribution is 2.12. The third-order valence-corrected chi connectivity index (χ3v) is 3.62. The van der Waals surface area contributed by atoms with E-state index < -0.39 is 36.5 Å². The number of carbonyl (C=O) groups is 4. The maximum atomic E-state index is 11.3. The molecule has 0 radical (unpaired) electrons. The van der Waals surface area contributed by atoms with E-state index in [2.05, 4.69) is 0 Å². The van der Waals surface area contributed by atoms with Gasteiger partial charge in [0.25, 0.3) is 0 Å². The van der Waals surface area contributed by atoms with Gasteiger partial charge in [0, 0.05) is 13.8 Å². The molecular formula is C26H48O12. The zero-order valence-electron chi connectivity index (χ0n) is 25.0. The number of esters is 2. The predicted molar refractivity (Wildman–Crippen MR) is 138 cm³/mol. The summed E-state index contributed by atoms with van der Waals surface area (Å²) in [5.74, 6) is -0.841. The predicted octanol–water partition coefficient (Wildman–Crippen LogP) is 4.59. The van der Waals surface area contributed by atoms with Gasteiger partial charge >= 0.3 is 24.2 Å². The van der Waals surface area contributed by atoms with Crippen LogP contribution in [0.2, 0.25) is 0 Å². The summed E-state index contributed by atoms with van der Waals surface area (Å²) >= 11 is 0. The van der Waals surface area contributed by atoms with E-state index >= 15 is 0 Å². The molecule has 38 heavy (non-hydrogen) atoms. The highest BCUT2D eigenvalue weighted by Gasteiger charge is 2.19. The Hall–Kier alpha value is -2.60. The van der Waals surface area contributed by atoms with Gasteiger partial charge in [-0.3, -0.25) is 9.59 Å². The standard InChI is InChI=1S/2C13H24O6/c2*1-9(7-16-11(3)14)18-12(15)17-8-10(2)19-13(4,5)6/h2*9-10H,7-8H2,1-6H3. The molecule has 0 aliphatic heterocycles. The van der Waals surface area contributed by atoms with Crippen LogP contribution < -0.4 is 0 Å². The lowest BCUT2D eigenvalue weighted by molar-refractivity contribution is -0.145. The Kier molecular flexibility index (Phi) is 18.4.